The van der Waals surface area contributed by atoms with Crippen LogP contribution in [0.3, 0.4) is 0 Å². The van der Waals surface area contributed by atoms with Crippen molar-refractivity contribution < 1.29 is 9.59 Å². The first-order chi connectivity index (χ1) is 7.54. The third-order valence-corrected chi connectivity index (χ3v) is 3.14. The molecule has 0 spiro atoms. The lowest BCUT2D eigenvalue weighted by atomic mass is 10.3. The number of rotatable bonds is 2. The third kappa shape index (κ3) is 3.77. The minimum absolute atomic E-state index is 0.259. The number of hydrogen-bond donors (Lipinski definition) is 2. The molecule has 3 amide bonds. The van der Waals surface area contributed by atoms with Crippen LogP contribution in [0.5, 0.6) is 0 Å². The molecular formula is C9H7Br2ClN2O2. The first kappa shape index (κ1) is 13.5. The number of urea groups is 1. The molecule has 0 unspecified atom stereocenters. The Morgan fingerprint density at radius 3 is 2.31 bits per heavy atom. The Morgan fingerprint density at radius 2 is 1.81 bits per heavy atom. The highest BCUT2D eigenvalue weighted by Crippen LogP contribution is 2.30. The monoisotopic (exact) mass is 368 g/mol. The van der Waals surface area contributed by atoms with Gasteiger partial charge in [-0.2, -0.15) is 0 Å². The Kier molecular flexibility index (Phi) is 5.24. The SMILES string of the molecule is O=C(CCl)NC(=O)Nc1c(Br)cccc1Br. The second kappa shape index (κ2) is 6.22. The van der Waals surface area contributed by atoms with Crippen LogP contribution in [0.2, 0.25) is 0 Å². The van der Waals surface area contributed by atoms with Gasteiger partial charge in [0.25, 0.3) is 0 Å². The van der Waals surface area contributed by atoms with Crippen molar-refractivity contribution in [1.82, 2.24) is 5.32 Å². The van der Waals surface area contributed by atoms with Crippen LogP contribution < -0.4 is 10.6 Å². The van der Waals surface area contributed by atoms with Gasteiger partial charge in [0.2, 0.25) is 5.91 Å². The Morgan fingerprint density at radius 1 is 1.25 bits per heavy atom. The predicted molar refractivity (Wildman–Crippen MR) is 69.7 cm³/mol. The molecular weight excluding hydrogens is 363 g/mol. The lowest BCUT2D eigenvalue weighted by Gasteiger charge is -2.09. The number of carbonyl (C=O) groups excluding carboxylic acids is 2. The first-order valence-electron chi connectivity index (χ1n) is 4.15. The van der Waals surface area contributed by atoms with E-state index in [1.807, 2.05) is 0 Å². The van der Waals surface area contributed by atoms with Crippen molar-refractivity contribution in [2.75, 3.05) is 11.2 Å². The van der Waals surface area contributed by atoms with Gasteiger partial charge in [0, 0.05) is 8.95 Å². The van der Waals surface area contributed by atoms with E-state index < -0.39 is 11.9 Å². The lowest BCUT2D eigenvalue weighted by molar-refractivity contribution is -0.117. The van der Waals surface area contributed by atoms with Crippen LogP contribution in [-0.2, 0) is 4.79 Å². The molecule has 4 nitrogen and oxygen atoms in total. The summed E-state index contributed by atoms with van der Waals surface area (Å²) in [5, 5.41) is 4.59. The molecule has 0 saturated carbocycles. The molecule has 1 aromatic rings. The fourth-order valence-electron chi connectivity index (χ4n) is 0.922. The van der Waals surface area contributed by atoms with Crippen LogP contribution >= 0.6 is 43.5 Å². The molecule has 0 aliphatic carbocycles. The molecule has 0 heterocycles. The minimum atomic E-state index is -0.627. The molecule has 0 fully saturated rings. The second-order valence-corrected chi connectivity index (χ2v) is 4.71. The summed E-state index contributed by atoms with van der Waals surface area (Å²) in [7, 11) is 0. The van der Waals surface area contributed by atoms with Crippen LogP contribution in [-0.4, -0.2) is 17.8 Å². The topological polar surface area (TPSA) is 58.2 Å². The van der Waals surface area contributed by atoms with Crippen molar-refractivity contribution in [3.8, 4) is 0 Å². The summed E-state index contributed by atoms with van der Waals surface area (Å²) < 4.78 is 1.41. The van der Waals surface area contributed by atoms with E-state index in [2.05, 4.69) is 42.5 Å². The fourth-order valence-corrected chi connectivity index (χ4v) is 2.19. The van der Waals surface area contributed by atoms with Gasteiger partial charge in [-0.25, -0.2) is 4.79 Å². The zero-order chi connectivity index (χ0) is 12.1. The molecule has 1 aromatic carbocycles. The van der Waals surface area contributed by atoms with Gasteiger partial charge in [0.15, 0.2) is 0 Å². The smallest absolute Gasteiger partial charge is 0.305 e. The van der Waals surface area contributed by atoms with E-state index in [9.17, 15) is 9.59 Å². The molecule has 86 valence electrons. The van der Waals surface area contributed by atoms with Crippen LogP contribution in [0.15, 0.2) is 27.1 Å². The fraction of sp³-hybridized carbons (Fsp3) is 0.111. The zero-order valence-electron chi connectivity index (χ0n) is 7.89. The molecule has 0 aromatic heterocycles. The van der Waals surface area contributed by atoms with Gasteiger partial charge >= 0.3 is 6.03 Å². The van der Waals surface area contributed by atoms with Crippen molar-refractivity contribution in [2.45, 2.75) is 0 Å². The molecule has 0 radical (unpaired) electrons. The van der Waals surface area contributed by atoms with Gasteiger partial charge < -0.3 is 5.32 Å². The number of carbonyl (C=O) groups is 2. The number of alkyl halides is 1. The van der Waals surface area contributed by atoms with Crippen LogP contribution in [0.1, 0.15) is 0 Å². The molecule has 2 N–H and O–H groups in total. The zero-order valence-corrected chi connectivity index (χ0v) is 11.8. The van der Waals surface area contributed by atoms with E-state index in [0.717, 1.165) is 0 Å². The van der Waals surface area contributed by atoms with Crippen molar-refractivity contribution >= 4 is 61.1 Å². The first-order valence-corrected chi connectivity index (χ1v) is 6.27. The second-order valence-electron chi connectivity index (χ2n) is 2.73. The Labute approximate surface area is 114 Å². The Hall–Kier alpha value is -0.590. The van der Waals surface area contributed by atoms with Gasteiger partial charge in [-0.05, 0) is 44.0 Å². The number of halogens is 3. The maximum absolute atomic E-state index is 11.3. The lowest BCUT2D eigenvalue weighted by Crippen LogP contribution is -2.35. The van der Waals surface area contributed by atoms with E-state index in [1.54, 1.807) is 18.2 Å². The molecule has 0 atom stereocenters. The van der Waals surface area contributed by atoms with E-state index in [1.165, 1.54) is 0 Å². The maximum atomic E-state index is 11.3. The average Bonchev–Trinajstić information content (AvgIpc) is 2.23. The highest BCUT2D eigenvalue weighted by atomic mass is 79.9. The number of hydrogen-bond acceptors (Lipinski definition) is 2. The molecule has 7 heteroatoms. The summed E-state index contributed by atoms with van der Waals surface area (Å²) in [5.41, 5.74) is 0.544. The van der Waals surface area contributed by atoms with E-state index in [0.29, 0.717) is 14.6 Å². The van der Waals surface area contributed by atoms with Gasteiger partial charge in [-0.3, -0.25) is 10.1 Å². The molecule has 1 rings (SSSR count). The number of anilines is 1. The largest absolute Gasteiger partial charge is 0.325 e. The molecule has 0 aliphatic heterocycles. The van der Waals surface area contributed by atoms with Gasteiger partial charge in [-0.1, -0.05) is 6.07 Å². The molecule has 0 aliphatic rings. The number of nitrogens with one attached hydrogen (secondary N) is 2. The number of amides is 3. The standard InChI is InChI=1S/C9H7Br2ClN2O2/c10-5-2-1-3-6(11)8(5)14-9(16)13-7(15)4-12/h1-3H,4H2,(H2,13,14,15,16). The predicted octanol–water partition coefficient (Wildman–Crippen LogP) is 3.10. The third-order valence-electron chi connectivity index (χ3n) is 1.58. The summed E-state index contributed by atoms with van der Waals surface area (Å²) in [4.78, 5) is 22.2. The number of imide groups is 1. The normalized spacial score (nSPS) is 9.69. The summed E-state index contributed by atoms with van der Waals surface area (Å²) >= 11 is 11.8. The van der Waals surface area contributed by atoms with Gasteiger partial charge in [0.05, 0.1) is 5.69 Å². The Bertz CT molecular complexity index is 406. The van der Waals surface area contributed by atoms with Crippen molar-refractivity contribution in [2.24, 2.45) is 0 Å². The van der Waals surface area contributed by atoms with E-state index in [-0.39, 0.29) is 5.88 Å². The van der Waals surface area contributed by atoms with Gasteiger partial charge in [-0.15, -0.1) is 11.6 Å². The summed E-state index contributed by atoms with van der Waals surface area (Å²) in [6.45, 7) is 0. The Balaban J connectivity index is 2.73. The van der Waals surface area contributed by atoms with Crippen molar-refractivity contribution in [1.29, 1.82) is 0 Å². The molecule has 0 bridgehead atoms. The average molecular weight is 370 g/mol. The molecule has 16 heavy (non-hydrogen) atoms. The van der Waals surface area contributed by atoms with Crippen LogP contribution in [0.25, 0.3) is 0 Å². The van der Waals surface area contributed by atoms with Crippen LogP contribution in [0.4, 0.5) is 10.5 Å². The maximum Gasteiger partial charge on any atom is 0.325 e. The summed E-state index contributed by atoms with van der Waals surface area (Å²) in [6.07, 6.45) is 0. The van der Waals surface area contributed by atoms with Crippen molar-refractivity contribution in [3.05, 3.63) is 27.1 Å². The molecule has 0 saturated heterocycles. The van der Waals surface area contributed by atoms with Crippen molar-refractivity contribution in [3.63, 3.8) is 0 Å². The number of para-hydroxylation sites is 1. The minimum Gasteiger partial charge on any atom is -0.305 e. The summed E-state index contributed by atoms with van der Waals surface area (Å²) in [5.74, 6) is -0.813. The number of benzene rings is 1. The highest BCUT2D eigenvalue weighted by Gasteiger charge is 2.10. The quantitative estimate of drug-likeness (QED) is 0.786. The van der Waals surface area contributed by atoms with Gasteiger partial charge in [0.1, 0.15) is 5.88 Å². The van der Waals surface area contributed by atoms with E-state index >= 15 is 0 Å². The summed E-state index contributed by atoms with van der Waals surface area (Å²) in [6, 6.07) is 4.72. The van der Waals surface area contributed by atoms with E-state index in [4.69, 9.17) is 11.6 Å². The highest BCUT2D eigenvalue weighted by molar-refractivity contribution is 9.11. The van der Waals surface area contributed by atoms with Crippen LogP contribution in [0, 0.1) is 0 Å².